The molecule has 1 amide bonds. The van der Waals surface area contributed by atoms with E-state index in [1.807, 2.05) is 43.3 Å². The normalized spacial score (nSPS) is 10.7. The highest BCUT2D eigenvalue weighted by Crippen LogP contribution is 2.11. The summed E-state index contributed by atoms with van der Waals surface area (Å²) in [6.07, 6.45) is 2.58. The highest BCUT2D eigenvalue weighted by Gasteiger charge is 2.01. The lowest BCUT2D eigenvalue weighted by molar-refractivity contribution is -0.121. The minimum atomic E-state index is -0.140. The van der Waals surface area contributed by atoms with Crippen LogP contribution >= 0.6 is 0 Å². The SMILES string of the molecule is CN(C)c1ccc(/C=N/NC(=O)CCc2ccc(O)cc2)cc1. The monoisotopic (exact) mass is 311 g/mol. The predicted molar refractivity (Wildman–Crippen MR) is 92.9 cm³/mol. The van der Waals surface area contributed by atoms with Gasteiger partial charge in [0.25, 0.3) is 0 Å². The third kappa shape index (κ3) is 5.47. The minimum absolute atomic E-state index is 0.140. The lowest BCUT2D eigenvalue weighted by Crippen LogP contribution is -2.17. The van der Waals surface area contributed by atoms with Gasteiger partial charge in [0.1, 0.15) is 5.75 Å². The Morgan fingerprint density at radius 2 is 1.78 bits per heavy atom. The van der Waals surface area contributed by atoms with Gasteiger partial charge in [0.15, 0.2) is 0 Å². The molecule has 0 radical (unpaired) electrons. The van der Waals surface area contributed by atoms with Crippen molar-refractivity contribution in [2.75, 3.05) is 19.0 Å². The summed E-state index contributed by atoms with van der Waals surface area (Å²) in [5, 5.41) is 13.2. The summed E-state index contributed by atoms with van der Waals surface area (Å²) in [6.45, 7) is 0. The number of phenols is 1. The zero-order valence-electron chi connectivity index (χ0n) is 13.4. The first-order valence-electron chi connectivity index (χ1n) is 7.42. The molecule has 5 heteroatoms. The van der Waals surface area contributed by atoms with E-state index in [1.165, 1.54) is 0 Å². The maximum absolute atomic E-state index is 11.7. The van der Waals surface area contributed by atoms with Crippen molar-refractivity contribution in [2.24, 2.45) is 5.10 Å². The smallest absolute Gasteiger partial charge is 0.240 e. The van der Waals surface area contributed by atoms with Gasteiger partial charge in [-0.25, -0.2) is 5.43 Å². The Labute approximate surface area is 136 Å². The standard InChI is InChI=1S/C18H21N3O2/c1-21(2)16-8-3-15(4-9-16)13-19-20-18(23)12-7-14-5-10-17(22)11-6-14/h3-6,8-11,13,22H,7,12H2,1-2H3,(H,20,23)/b19-13+. The van der Waals surface area contributed by atoms with Crippen molar-refractivity contribution >= 4 is 17.8 Å². The molecule has 2 aromatic rings. The van der Waals surface area contributed by atoms with Gasteiger partial charge >= 0.3 is 0 Å². The highest BCUT2D eigenvalue weighted by atomic mass is 16.3. The first-order valence-corrected chi connectivity index (χ1v) is 7.42. The molecule has 0 atom stereocenters. The molecule has 0 heterocycles. The summed E-state index contributed by atoms with van der Waals surface area (Å²) < 4.78 is 0. The molecule has 0 aliphatic rings. The van der Waals surface area contributed by atoms with Gasteiger partial charge in [-0.2, -0.15) is 5.10 Å². The Hall–Kier alpha value is -2.82. The van der Waals surface area contributed by atoms with Crippen molar-refractivity contribution in [3.8, 4) is 5.75 Å². The van der Waals surface area contributed by atoms with Crippen molar-refractivity contribution in [3.63, 3.8) is 0 Å². The van der Waals surface area contributed by atoms with Gasteiger partial charge in [-0.05, 0) is 41.8 Å². The zero-order valence-corrected chi connectivity index (χ0v) is 13.4. The average molecular weight is 311 g/mol. The van der Waals surface area contributed by atoms with Crippen LogP contribution in [0.25, 0.3) is 0 Å². The van der Waals surface area contributed by atoms with Gasteiger partial charge in [0.2, 0.25) is 5.91 Å². The van der Waals surface area contributed by atoms with Crippen molar-refractivity contribution in [1.82, 2.24) is 5.43 Å². The van der Waals surface area contributed by atoms with Gasteiger partial charge < -0.3 is 10.0 Å². The molecule has 120 valence electrons. The van der Waals surface area contributed by atoms with Crippen molar-refractivity contribution in [3.05, 3.63) is 59.7 Å². The number of aromatic hydroxyl groups is 1. The fourth-order valence-corrected chi connectivity index (χ4v) is 2.01. The van der Waals surface area contributed by atoms with E-state index >= 15 is 0 Å². The van der Waals surface area contributed by atoms with Crippen LogP contribution < -0.4 is 10.3 Å². The Morgan fingerprint density at radius 3 is 2.39 bits per heavy atom. The number of amides is 1. The lowest BCUT2D eigenvalue weighted by atomic mass is 10.1. The molecule has 0 saturated heterocycles. The number of hydrogen-bond donors (Lipinski definition) is 2. The molecule has 5 nitrogen and oxygen atoms in total. The molecule has 0 spiro atoms. The largest absolute Gasteiger partial charge is 0.508 e. The number of benzene rings is 2. The lowest BCUT2D eigenvalue weighted by Gasteiger charge is -2.11. The van der Waals surface area contributed by atoms with Gasteiger partial charge in [0, 0.05) is 26.2 Å². The van der Waals surface area contributed by atoms with Crippen molar-refractivity contribution in [2.45, 2.75) is 12.8 Å². The number of nitrogens with one attached hydrogen (secondary N) is 1. The van der Waals surface area contributed by atoms with Crippen LogP contribution in [0.5, 0.6) is 5.75 Å². The second-order valence-corrected chi connectivity index (χ2v) is 5.45. The summed E-state index contributed by atoms with van der Waals surface area (Å²) in [6, 6.07) is 14.7. The number of carbonyl (C=O) groups is 1. The topological polar surface area (TPSA) is 64.9 Å². The number of nitrogens with zero attached hydrogens (tertiary/aromatic N) is 2. The number of hydrogen-bond acceptors (Lipinski definition) is 4. The molecule has 2 aromatic carbocycles. The van der Waals surface area contributed by atoms with Crippen molar-refractivity contribution < 1.29 is 9.90 Å². The molecule has 0 saturated carbocycles. The molecular weight excluding hydrogens is 290 g/mol. The van der Waals surface area contributed by atoms with Crippen LogP contribution in [0.1, 0.15) is 17.5 Å². The summed E-state index contributed by atoms with van der Waals surface area (Å²) in [5.74, 6) is 0.0855. The maximum atomic E-state index is 11.7. The molecule has 2 N–H and O–H groups in total. The van der Waals surface area contributed by atoms with E-state index in [9.17, 15) is 9.90 Å². The zero-order chi connectivity index (χ0) is 16.7. The molecule has 2 rings (SSSR count). The molecule has 0 unspecified atom stereocenters. The number of rotatable bonds is 6. The van der Waals surface area contributed by atoms with Gasteiger partial charge in [-0.3, -0.25) is 4.79 Å². The Morgan fingerprint density at radius 1 is 1.13 bits per heavy atom. The second kappa shape index (κ2) is 7.98. The minimum Gasteiger partial charge on any atom is -0.508 e. The summed E-state index contributed by atoms with van der Waals surface area (Å²) in [7, 11) is 3.97. The molecule has 0 fully saturated rings. The average Bonchev–Trinajstić information content (AvgIpc) is 2.55. The highest BCUT2D eigenvalue weighted by molar-refractivity contribution is 5.82. The molecule has 0 bridgehead atoms. The predicted octanol–water partition coefficient (Wildman–Crippen LogP) is 2.54. The van der Waals surface area contributed by atoms with E-state index < -0.39 is 0 Å². The van der Waals surface area contributed by atoms with Crippen LogP contribution in [0.2, 0.25) is 0 Å². The second-order valence-electron chi connectivity index (χ2n) is 5.45. The fraction of sp³-hybridized carbons (Fsp3) is 0.222. The number of carbonyl (C=O) groups excluding carboxylic acids is 1. The molecule has 0 aliphatic carbocycles. The first-order chi connectivity index (χ1) is 11.0. The van der Waals surface area contributed by atoms with Gasteiger partial charge in [-0.15, -0.1) is 0 Å². The number of aryl methyl sites for hydroxylation is 1. The summed E-state index contributed by atoms with van der Waals surface area (Å²) in [4.78, 5) is 13.8. The number of phenolic OH excluding ortho intramolecular Hbond substituents is 1. The van der Waals surface area contributed by atoms with E-state index in [-0.39, 0.29) is 11.7 Å². The van der Waals surface area contributed by atoms with Crippen molar-refractivity contribution in [1.29, 1.82) is 0 Å². The van der Waals surface area contributed by atoms with Gasteiger partial charge in [0.05, 0.1) is 6.21 Å². The molecular formula is C18H21N3O2. The number of anilines is 1. The third-order valence-corrected chi connectivity index (χ3v) is 3.39. The Kier molecular flexibility index (Phi) is 5.74. The number of hydrazone groups is 1. The van der Waals surface area contributed by atoms with Crippen LogP contribution in [0.3, 0.4) is 0 Å². The summed E-state index contributed by atoms with van der Waals surface area (Å²) in [5.41, 5.74) is 5.56. The first kappa shape index (κ1) is 16.5. The van der Waals surface area contributed by atoms with Crippen LogP contribution in [0.4, 0.5) is 5.69 Å². The Balaban J connectivity index is 1.78. The maximum Gasteiger partial charge on any atom is 0.240 e. The quantitative estimate of drug-likeness (QED) is 0.636. The van der Waals surface area contributed by atoms with Crippen LogP contribution in [0.15, 0.2) is 53.6 Å². The van der Waals surface area contributed by atoms with E-state index in [0.717, 1.165) is 16.8 Å². The molecule has 0 aromatic heterocycles. The fourth-order valence-electron chi connectivity index (χ4n) is 2.01. The van der Waals surface area contributed by atoms with E-state index in [4.69, 9.17) is 0 Å². The molecule has 0 aliphatic heterocycles. The van der Waals surface area contributed by atoms with E-state index in [1.54, 1.807) is 30.5 Å². The Bertz CT molecular complexity index is 662. The van der Waals surface area contributed by atoms with E-state index in [2.05, 4.69) is 10.5 Å². The van der Waals surface area contributed by atoms with E-state index in [0.29, 0.717) is 12.8 Å². The van der Waals surface area contributed by atoms with Crippen LogP contribution in [-0.2, 0) is 11.2 Å². The van der Waals surface area contributed by atoms with Gasteiger partial charge in [-0.1, -0.05) is 24.3 Å². The summed E-state index contributed by atoms with van der Waals surface area (Å²) >= 11 is 0. The van der Waals surface area contributed by atoms with Crippen LogP contribution in [0, 0.1) is 0 Å². The third-order valence-electron chi connectivity index (χ3n) is 3.39. The van der Waals surface area contributed by atoms with Crippen LogP contribution in [-0.4, -0.2) is 31.3 Å². The molecule has 23 heavy (non-hydrogen) atoms.